The number of hydrogen-bond acceptors (Lipinski definition) is 3. The molecule has 5 heterocycles. The Balaban J connectivity index is 1.37. The molecule has 3 atom stereocenters. The molecule has 4 nitrogen and oxygen atoms in total. The lowest BCUT2D eigenvalue weighted by Gasteiger charge is -2.56. The van der Waals surface area contributed by atoms with Gasteiger partial charge in [0.15, 0.2) is 0 Å². The third-order valence-electron chi connectivity index (χ3n) is 7.33. The number of rotatable bonds is 4. The Morgan fingerprint density at radius 1 is 0.929 bits per heavy atom. The lowest BCUT2D eigenvalue weighted by molar-refractivity contribution is 0.0175. The van der Waals surface area contributed by atoms with E-state index in [-0.39, 0.29) is 5.41 Å². The van der Waals surface area contributed by atoms with Crippen molar-refractivity contribution >= 4 is 10.9 Å². The summed E-state index contributed by atoms with van der Waals surface area (Å²) in [7, 11) is 0. The van der Waals surface area contributed by atoms with E-state index < -0.39 is 0 Å². The summed E-state index contributed by atoms with van der Waals surface area (Å²) >= 11 is 0. The van der Waals surface area contributed by atoms with E-state index in [9.17, 15) is 0 Å². The van der Waals surface area contributed by atoms with Gasteiger partial charge in [-0.25, -0.2) is 0 Å². The number of H-pyrrole nitrogens is 1. The second kappa shape index (κ2) is 6.45. The van der Waals surface area contributed by atoms with E-state index in [1.807, 2.05) is 6.20 Å². The summed E-state index contributed by atoms with van der Waals surface area (Å²) in [6.45, 7) is 8.18. The third kappa shape index (κ3) is 2.55. The smallest absolute Gasteiger partial charge is 0.0499 e. The van der Waals surface area contributed by atoms with Crippen LogP contribution in [0, 0.1) is 5.92 Å². The summed E-state index contributed by atoms with van der Waals surface area (Å²) in [5.74, 6) is 0.688. The lowest BCUT2D eigenvalue weighted by atomic mass is 9.64. The molecule has 4 bridgehead atoms. The van der Waals surface area contributed by atoms with Crippen LogP contribution in [0.3, 0.4) is 0 Å². The zero-order chi connectivity index (χ0) is 18.6. The monoisotopic (exact) mass is 372 g/mol. The van der Waals surface area contributed by atoms with E-state index in [0.717, 1.165) is 6.54 Å². The van der Waals surface area contributed by atoms with E-state index in [1.54, 1.807) is 0 Å². The van der Waals surface area contributed by atoms with Crippen molar-refractivity contribution in [2.45, 2.75) is 18.0 Å². The maximum atomic E-state index is 4.06. The summed E-state index contributed by atoms with van der Waals surface area (Å²) in [6.07, 6.45) is 2.05. The predicted molar refractivity (Wildman–Crippen MR) is 113 cm³/mol. The molecule has 0 aliphatic carbocycles. The first-order valence-electron chi connectivity index (χ1n) is 10.6. The van der Waals surface area contributed by atoms with Gasteiger partial charge in [0.2, 0.25) is 0 Å². The van der Waals surface area contributed by atoms with E-state index in [1.165, 1.54) is 61.3 Å². The van der Waals surface area contributed by atoms with Gasteiger partial charge in [0.25, 0.3) is 0 Å². The van der Waals surface area contributed by atoms with Crippen LogP contribution in [0.2, 0.25) is 0 Å². The lowest BCUT2D eigenvalue weighted by Crippen LogP contribution is -2.69. The molecule has 2 aromatic carbocycles. The van der Waals surface area contributed by atoms with Gasteiger partial charge in [-0.3, -0.25) is 0 Å². The molecule has 2 N–H and O–H groups in total. The Kier molecular flexibility index (Phi) is 3.86. The van der Waals surface area contributed by atoms with Crippen molar-refractivity contribution in [3.63, 3.8) is 0 Å². The fraction of sp³-hybridized carbons (Fsp3) is 0.417. The highest BCUT2D eigenvalue weighted by Gasteiger charge is 2.54. The van der Waals surface area contributed by atoms with E-state index in [4.69, 9.17) is 0 Å². The zero-order valence-electron chi connectivity index (χ0n) is 16.3. The van der Waals surface area contributed by atoms with Gasteiger partial charge in [0.1, 0.15) is 0 Å². The number of benzene rings is 2. The Bertz CT molecular complexity index is 962. The molecular weight excluding hydrogens is 344 g/mol. The number of hydrogen-bond donors (Lipinski definition) is 2. The average Bonchev–Trinajstić information content (AvgIpc) is 3.08. The fourth-order valence-electron chi connectivity index (χ4n) is 6.19. The Hall–Kier alpha value is -2.14. The molecule has 7 rings (SSSR count). The van der Waals surface area contributed by atoms with Crippen LogP contribution in [-0.4, -0.2) is 60.1 Å². The van der Waals surface area contributed by atoms with Gasteiger partial charge >= 0.3 is 0 Å². The van der Waals surface area contributed by atoms with Crippen LogP contribution >= 0.6 is 0 Å². The summed E-state index contributed by atoms with van der Waals surface area (Å²) in [4.78, 5) is 8.87. The number of piperidine rings is 2. The highest BCUT2D eigenvalue weighted by atomic mass is 15.3. The molecule has 28 heavy (non-hydrogen) atoms. The summed E-state index contributed by atoms with van der Waals surface area (Å²) in [5, 5.41) is 5.36. The summed E-state index contributed by atoms with van der Waals surface area (Å²) in [5.41, 5.74) is 4.34. The average molecular weight is 373 g/mol. The number of para-hydroxylation sites is 1. The van der Waals surface area contributed by atoms with Crippen LogP contribution in [0.15, 0.2) is 60.8 Å². The highest BCUT2D eigenvalue weighted by Crippen LogP contribution is 2.43. The van der Waals surface area contributed by atoms with Crippen LogP contribution in [0.25, 0.3) is 10.9 Å². The summed E-state index contributed by atoms with van der Waals surface area (Å²) < 4.78 is 0. The second-order valence-corrected chi connectivity index (χ2v) is 8.97. The quantitative estimate of drug-likeness (QED) is 0.739. The van der Waals surface area contributed by atoms with Gasteiger partial charge in [0.05, 0.1) is 0 Å². The zero-order valence-corrected chi connectivity index (χ0v) is 16.3. The highest BCUT2D eigenvalue weighted by molar-refractivity contribution is 5.82. The molecule has 3 unspecified atom stereocenters. The maximum absolute atomic E-state index is 4.06. The molecule has 4 saturated heterocycles. The van der Waals surface area contributed by atoms with Crippen molar-refractivity contribution < 1.29 is 0 Å². The molecule has 0 amide bonds. The third-order valence-corrected chi connectivity index (χ3v) is 7.33. The minimum absolute atomic E-state index is 0.183. The number of aromatic amines is 1. The van der Waals surface area contributed by atoms with Crippen molar-refractivity contribution in [2.75, 3.05) is 39.3 Å². The second-order valence-electron chi connectivity index (χ2n) is 8.97. The van der Waals surface area contributed by atoms with Gasteiger partial charge in [-0.15, -0.1) is 0 Å². The Morgan fingerprint density at radius 3 is 2.50 bits per heavy atom. The molecule has 4 aliphatic rings. The predicted octanol–water partition coefficient (Wildman–Crippen LogP) is 2.83. The molecule has 0 spiro atoms. The minimum atomic E-state index is 0.183. The van der Waals surface area contributed by atoms with Crippen molar-refractivity contribution in [2.24, 2.45) is 5.92 Å². The van der Waals surface area contributed by atoms with Gasteiger partial charge in [-0.2, -0.15) is 0 Å². The molecule has 4 fully saturated rings. The van der Waals surface area contributed by atoms with E-state index >= 15 is 0 Å². The standard InChI is InChI=1S/C24H28N4/c1-2-7-21(8-3-1)24-16-27-11-12-28(17-24)15-20(14-27)23(24)26-13-19-6-4-5-18-9-10-25-22(18)19/h1-10,20,23,25-26H,11-17H2. The Labute approximate surface area is 166 Å². The normalized spacial score (nSPS) is 34.0. The molecule has 0 radical (unpaired) electrons. The van der Waals surface area contributed by atoms with Gasteiger partial charge in [-0.05, 0) is 22.6 Å². The molecule has 4 aliphatic heterocycles. The van der Waals surface area contributed by atoms with E-state index in [0.29, 0.717) is 12.0 Å². The van der Waals surface area contributed by atoms with Gasteiger partial charge in [0, 0.05) is 74.9 Å². The molecule has 4 heteroatoms. The summed E-state index contributed by atoms with van der Waals surface area (Å²) in [6, 6.07) is 20.6. The van der Waals surface area contributed by atoms with E-state index in [2.05, 4.69) is 74.7 Å². The molecule has 0 saturated carbocycles. The number of nitrogens with zero attached hydrogens (tertiary/aromatic N) is 2. The number of fused-ring (bicyclic) bond motifs is 2. The van der Waals surface area contributed by atoms with Crippen LogP contribution in [0.1, 0.15) is 11.1 Å². The minimum Gasteiger partial charge on any atom is -0.361 e. The fourth-order valence-corrected chi connectivity index (χ4v) is 6.19. The SMILES string of the molecule is c1ccc(C23CN4CCN(CC(C4)C2NCc2cccc4cc[nH]c24)C3)cc1. The first-order valence-corrected chi connectivity index (χ1v) is 10.6. The van der Waals surface area contributed by atoms with Crippen LogP contribution in [0.4, 0.5) is 0 Å². The largest absolute Gasteiger partial charge is 0.361 e. The van der Waals surface area contributed by atoms with Crippen molar-refractivity contribution in [1.82, 2.24) is 20.1 Å². The van der Waals surface area contributed by atoms with Crippen LogP contribution in [-0.2, 0) is 12.0 Å². The molecule has 3 aromatic rings. The van der Waals surface area contributed by atoms with Crippen molar-refractivity contribution in [1.29, 1.82) is 0 Å². The van der Waals surface area contributed by atoms with Gasteiger partial charge < -0.3 is 20.1 Å². The Morgan fingerprint density at radius 2 is 1.71 bits per heavy atom. The maximum Gasteiger partial charge on any atom is 0.0499 e. The number of aromatic nitrogens is 1. The van der Waals surface area contributed by atoms with Crippen LogP contribution in [0.5, 0.6) is 0 Å². The van der Waals surface area contributed by atoms with Crippen molar-refractivity contribution in [3.8, 4) is 0 Å². The van der Waals surface area contributed by atoms with Gasteiger partial charge in [-0.1, -0.05) is 48.5 Å². The molecule has 144 valence electrons. The molecule has 1 aromatic heterocycles. The topological polar surface area (TPSA) is 34.3 Å². The molecular formula is C24H28N4. The van der Waals surface area contributed by atoms with Crippen molar-refractivity contribution in [3.05, 3.63) is 71.9 Å². The first kappa shape index (κ1) is 16.8. The van der Waals surface area contributed by atoms with Crippen LogP contribution < -0.4 is 5.32 Å². The number of nitrogens with one attached hydrogen (secondary N) is 2. The first-order chi connectivity index (χ1) is 13.8.